The number of aryl methyl sites for hydroxylation is 2. The standard InChI is InChI=1S/C22H26N2O3/c1-26-20-11-17-8-9-24(13-18(17)12-21(20)27-2)14-22(25)23-19-7-6-15-4-3-5-16(15)10-19/h6-7,10-12H,3-5,8-9,13-14H2,1-2H3,(H,23,25)/p+1. The number of rotatable bonds is 5. The van der Waals surface area contributed by atoms with Crippen molar-refractivity contribution < 1.29 is 19.2 Å². The fourth-order valence-corrected chi connectivity index (χ4v) is 4.26. The molecule has 4 rings (SSSR count). The zero-order valence-electron chi connectivity index (χ0n) is 16.1. The van der Waals surface area contributed by atoms with E-state index in [1.807, 2.05) is 12.1 Å². The lowest BCUT2D eigenvalue weighted by molar-refractivity contribution is -0.907. The van der Waals surface area contributed by atoms with Crippen LogP contribution in [0.15, 0.2) is 30.3 Å². The maximum atomic E-state index is 12.5. The number of carbonyl (C=O) groups is 1. The highest BCUT2D eigenvalue weighted by atomic mass is 16.5. The summed E-state index contributed by atoms with van der Waals surface area (Å²) in [6, 6.07) is 10.4. The Morgan fingerprint density at radius 3 is 2.44 bits per heavy atom. The molecular weight excluding hydrogens is 340 g/mol. The minimum atomic E-state index is 0.0758. The van der Waals surface area contributed by atoms with E-state index in [9.17, 15) is 4.79 Å². The molecule has 2 aliphatic rings. The van der Waals surface area contributed by atoms with E-state index >= 15 is 0 Å². The molecule has 2 N–H and O–H groups in total. The van der Waals surface area contributed by atoms with Gasteiger partial charge in [-0.1, -0.05) is 6.07 Å². The molecule has 142 valence electrons. The Hall–Kier alpha value is -2.53. The highest BCUT2D eigenvalue weighted by Gasteiger charge is 2.24. The van der Waals surface area contributed by atoms with E-state index in [0.29, 0.717) is 6.54 Å². The number of hydrogen-bond acceptors (Lipinski definition) is 3. The van der Waals surface area contributed by atoms with E-state index in [1.54, 1.807) is 14.2 Å². The lowest BCUT2D eigenvalue weighted by Crippen LogP contribution is -3.12. The van der Waals surface area contributed by atoms with Crippen molar-refractivity contribution in [1.82, 2.24) is 0 Å². The number of nitrogens with one attached hydrogen (secondary N) is 2. The third kappa shape index (κ3) is 3.78. The molecule has 2 aromatic carbocycles. The third-order valence-electron chi connectivity index (χ3n) is 5.69. The molecule has 27 heavy (non-hydrogen) atoms. The molecule has 1 aliphatic carbocycles. The van der Waals surface area contributed by atoms with Gasteiger partial charge in [-0.15, -0.1) is 0 Å². The number of amides is 1. The van der Waals surface area contributed by atoms with Gasteiger partial charge in [0.15, 0.2) is 18.0 Å². The van der Waals surface area contributed by atoms with Crippen molar-refractivity contribution in [3.8, 4) is 11.5 Å². The molecule has 0 saturated carbocycles. The van der Waals surface area contributed by atoms with E-state index in [1.165, 1.54) is 33.6 Å². The molecular formula is C22H27N2O3+. The largest absolute Gasteiger partial charge is 0.493 e. The van der Waals surface area contributed by atoms with Crippen LogP contribution in [-0.4, -0.2) is 33.2 Å². The van der Waals surface area contributed by atoms with E-state index in [-0.39, 0.29) is 5.91 Å². The SMILES string of the molecule is COc1cc2c(cc1OC)C[NH+](CC(=O)Nc1ccc3c(c1)CCC3)CC2. The monoisotopic (exact) mass is 367 g/mol. The average molecular weight is 367 g/mol. The van der Waals surface area contributed by atoms with Crippen LogP contribution in [0.1, 0.15) is 28.7 Å². The van der Waals surface area contributed by atoms with Crippen molar-refractivity contribution in [3.05, 3.63) is 52.6 Å². The first-order valence-electron chi connectivity index (χ1n) is 9.65. The van der Waals surface area contributed by atoms with Crippen molar-refractivity contribution in [2.45, 2.75) is 32.2 Å². The highest BCUT2D eigenvalue weighted by Crippen LogP contribution is 2.31. The van der Waals surface area contributed by atoms with Crippen LogP contribution in [0.4, 0.5) is 5.69 Å². The van der Waals surface area contributed by atoms with Gasteiger partial charge in [0.1, 0.15) is 6.54 Å². The zero-order chi connectivity index (χ0) is 18.8. The summed E-state index contributed by atoms with van der Waals surface area (Å²) in [6.45, 7) is 2.25. The van der Waals surface area contributed by atoms with Gasteiger partial charge in [0.25, 0.3) is 5.91 Å². The van der Waals surface area contributed by atoms with Gasteiger partial charge in [-0.25, -0.2) is 0 Å². The topological polar surface area (TPSA) is 52.0 Å². The Balaban J connectivity index is 1.40. The molecule has 0 radical (unpaired) electrons. The van der Waals surface area contributed by atoms with Gasteiger partial charge >= 0.3 is 0 Å². The Kier molecular flexibility index (Phi) is 5.03. The molecule has 0 aromatic heterocycles. The van der Waals surface area contributed by atoms with Crippen molar-refractivity contribution in [2.75, 3.05) is 32.6 Å². The second kappa shape index (κ2) is 7.61. The average Bonchev–Trinajstić information content (AvgIpc) is 3.14. The smallest absolute Gasteiger partial charge is 0.279 e. The Morgan fingerprint density at radius 1 is 0.963 bits per heavy atom. The van der Waals surface area contributed by atoms with Gasteiger partial charge in [-0.05, 0) is 60.2 Å². The van der Waals surface area contributed by atoms with Crippen molar-refractivity contribution >= 4 is 11.6 Å². The normalized spacial score (nSPS) is 17.8. The molecule has 1 atom stereocenters. The maximum absolute atomic E-state index is 12.5. The Morgan fingerprint density at radius 2 is 1.67 bits per heavy atom. The number of ether oxygens (including phenoxy) is 2. The fraction of sp³-hybridized carbons (Fsp3) is 0.409. The van der Waals surface area contributed by atoms with Gasteiger partial charge in [0.05, 0.1) is 20.8 Å². The van der Waals surface area contributed by atoms with Crippen molar-refractivity contribution in [3.63, 3.8) is 0 Å². The summed E-state index contributed by atoms with van der Waals surface area (Å²) in [4.78, 5) is 13.8. The van der Waals surface area contributed by atoms with E-state index in [0.717, 1.165) is 49.5 Å². The predicted octanol–water partition coefficient (Wildman–Crippen LogP) is 1.77. The van der Waals surface area contributed by atoms with Crippen LogP contribution in [-0.2, 0) is 30.6 Å². The van der Waals surface area contributed by atoms with Gasteiger partial charge in [0, 0.05) is 17.7 Å². The summed E-state index contributed by atoms with van der Waals surface area (Å²) in [5.74, 6) is 1.60. The summed E-state index contributed by atoms with van der Waals surface area (Å²) in [5, 5.41) is 3.08. The molecule has 1 unspecified atom stereocenters. The molecule has 1 aliphatic heterocycles. The number of carbonyl (C=O) groups excluding carboxylic acids is 1. The highest BCUT2D eigenvalue weighted by molar-refractivity contribution is 5.91. The quantitative estimate of drug-likeness (QED) is 0.847. The lowest BCUT2D eigenvalue weighted by atomic mass is 9.99. The zero-order valence-corrected chi connectivity index (χ0v) is 16.1. The Bertz CT molecular complexity index is 863. The summed E-state index contributed by atoms with van der Waals surface area (Å²) < 4.78 is 10.8. The maximum Gasteiger partial charge on any atom is 0.279 e. The fourth-order valence-electron chi connectivity index (χ4n) is 4.26. The molecule has 2 aromatic rings. The number of benzene rings is 2. The van der Waals surface area contributed by atoms with Gasteiger partial charge in [-0.2, -0.15) is 0 Å². The van der Waals surface area contributed by atoms with Crippen LogP contribution >= 0.6 is 0 Å². The molecule has 1 heterocycles. The molecule has 0 bridgehead atoms. The van der Waals surface area contributed by atoms with Crippen LogP contribution in [0.5, 0.6) is 11.5 Å². The minimum Gasteiger partial charge on any atom is -0.493 e. The third-order valence-corrected chi connectivity index (χ3v) is 5.69. The molecule has 1 amide bonds. The second-order valence-electron chi connectivity index (χ2n) is 7.46. The molecule has 5 heteroatoms. The van der Waals surface area contributed by atoms with E-state index in [4.69, 9.17) is 9.47 Å². The number of anilines is 1. The molecule has 0 fully saturated rings. The summed E-state index contributed by atoms with van der Waals surface area (Å²) in [7, 11) is 3.32. The number of quaternary nitrogens is 1. The van der Waals surface area contributed by atoms with Crippen LogP contribution in [0.2, 0.25) is 0 Å². The van der Waals surface area contributed by atoms with Crippen LogP contribution in [0.25, 0.3) is 0 Å². The lowest BCUT2D eigenvalue weighted by Gasteiger charge is -2.26. The van der Waals surface area contributed by atoms with Crippen LogP contribution in [0.3, 0.4) is 0 Å². The molecule has 5 nitrogen and oxygen atoms in total. The Labute approximate surface area is 160 Å². The van der Waals surface area contributed by atoms with E-state index < -0.39 is 0 Å². The van der Waals surface area contributed by atoms with Gasteiger partial charge in [-0.3, -0.25) is 4.79 Å². The second-order valence-corrected chi connectivity index (χ2v) is 7.46. The molecule has 0 saturated heterocycles. The number of hydrogen-bond donors (Lipinski definition) is 2. The number of fused-ring (bicyclic) bond motifs is 2. The van der Waals surface area contributed by atoms with Crippen LogP contribution in [0, 0.1) is 0 Å². The number of methoxy groups -OCH3 is 2. The summed E-state index contributed by atoms with van der Waals surface area (Å²) in [6.07, 6.45) is 4.45. The summed E-state index contributed by atoms with van der Waals surface area (Å²) >= 11 is 0. The van der Waals surface area contributed by atoms with Gasteiger partial charge in [0.2, 0.25) is 0 Å². The van der Waals surface area contributed by atoms with Crippen molar-refractivity contribution in [1.29, 1.82) is 0 Å². The van der Waals surface area contributed by atoms with Crippen LogP contribution < -0.4 is 19.7 Å². The van der Waals surface area contributed by atoms with Gasteiger partial charge < -0.3 is 19.7 Å². The first-order valence-corrected chi connectivity index (χ1v) is 9.65. The molecule has 0 spiro atoms. The predicted molar refractivity (Wildman–Crippen MR) is 105 cm³/mol. The summed E-state index contributed by atoms with van der Waals surface area (Å²) in [5.41, 5.74) is 6.25. The van der Waals surface area contributed by atoms with Crippen molar-refractivity contribution in [2.24, 2.45) is 0 Å². The first kappa shape index (κ1) is 17.9. The first-order chi connectivity index (χ1) is 13.2. The minimum absolute atomic E-state index is 0.0758. The van der Waals surface area contributed by atoms with E-state index in [2.05, 4.69) is 23.5 Å².